The number of likely N-dealkylation sites (tertiary alicyclic amines) is 1. The van der Waals surface area contributed by atoms with Crippen molar-refractivity contribution in [1.82, 2.24) is 4.90 Å². The molecule has 2 aliphatic carbocycles. The molecule has 6 atom stereocenters. The Balaban J connectivity index is 1.75. The highest BCUT2D eigenvalue weighted by molar-refractivity contribution is 8.01. The number of nitrogens with zero attached hydrogens (tertiary/aromatic N) is 2. The van der Waals surface area contributed by atoms with E-state index in [1.54, 1.807) is 26.0 Å². The predicted octanol–water partition coefficient (Wildman–Crippen LogP) is 2.49. The molecule has 1 aromatic rings. The highest BCUT2D eigenvalue weighted by Crippen LogP contribution is 2.76. The smallest absolute Gasteiger partial charge is 0.170 e. The monoisotopic (exact) mass is 382 g/mol. The van der Waals surface area contributed by atoms with Crippen LogP contribution in [-0.2, 0) is 16.6 Å². The molecule has 140 valence electrons. The van der Waals surface area contributed by atoms with E-state index in [9.17, 15) is 5.26 Å². The molecule has 1 aromatic carbocycles. The van der Waals surface area contributed by atoms with Crippen LogP contribution in [0.2, 0.25) is 0 Å². The largest absolute Gasteiger partial charge is 0.493 e. The molecule has 2 saturated heterocycles. The van der Waals surface area contributed by atoms with E-state index in [-0.39, 0.29) is 28.2 Å². The second-order valence-corrected chi connectivity index (χ2v) is 9.71. The van der Waals surface area contributed by atoms with Gasteiger partial charge < -0.3 is 19.1 Å². The minimum Gasteiger partial charge on any atom is -0.493 e. The molecule has 0 aromatic heterocycles. The van der Waals surface area contributed by atoms with E-state index in [0.29, 0.717) is 0 Å². The standard InChI is InChI=1S/C21H22N2O3S/c1-23-9-8-20-16-12-4-5-13(24-2)17(16)26-18(20)21(25-3)7-6-19(20,14(23)10-12)15(11-22)27-21/h4-7,14-15,18H,8-10H2,1-3H3/t14-,15?,18-,19+,20+,21-/m1/s1. The Kier molecular flexibility index (Phi) is 2.92. The van der Waals surface area contributed by atoms with Crippen molar-refractivity contribution in [2.45, 2.75) is 40.6 Å². The number of piperidine rings is 1. The molecule has 4 heterocycles. The molecule has 27 heavy (non-hydrogen) atoms. The Morgan fingerprint density at radius 3 is 2.93 bits per heavy atom. The minimum atomic E-state index is -0.638. The Morgan fingerprint density at radius 2 is 2.19 bits per heavy atom. The molecule has 2 spiro atoms. The third-order valence-electron chi connectivity index (χ3n) is 7.81. The molecule has 6 heteroatoms. The van der Waals surface area contributed by atoms with Gasteiger partial charge in [-0.3, -0.25) is 0 Å². The van der Waals surface area contributed by atoms with Gasteiger partial charge in [-0.25, -0.2) is 0 Å². The summed E-state index contributed by atoms with van der Waals surface area (Å²) in [7, 11) is 5.63. The van der Waals surface area contributed by atoms with Gasteiger partial charge >= 0.3 is 0 Å². The van der Waals surface area contributed by atoms with Crippen molar-refractivity contribution in [1.29, 1.82) is 5.26 Å². The second-order valence-electron chi connectivity index (χ2n) is 8.37. The topological polar surface area (TPSA) is 54.7 Å². The SMILES string of the molecule is COc1ccc2c3c1O[C@@H]1[C@]34CCN(C)[C@H](C2)[C@]42C=C[C@@]1(OC)SC2C#N. The number of hydrogen-bond donors (Lipinski definition) is 0. The number of hydrogen-bond acceptors (Lipinski definition) is 6. The van der Waals surface area contributed by atoms with Crippen LogP contribution in [0.4, 0.5) is 0 Å². The van der Waals surface area contributed by atoms with Gasteiger partial charge in [0, 0.05) is 24.1 Å². The lowest BCUT2D eigenvalue weighted by Crippen LogP contribution is -2.78. The fraction of sp³-hybridized carbons (Fsp3) is 0.571. The van der Waals surface area contributed by atoms with Crippen LogP contribution in [0, 0.1) is 16.7 Å². The third-order valence-corrected chi connectivity index (χ3v) is 9.43. The molecule has 4 aliphatic heterocycles. The van der Waals surface area contributed by atoms with Crippen LogP contribution in [0.5, 0.6) is 11.5 Å². The van der Waals surface area contributed by atoms with Crippen LogP contribution < -0.4 is 9.47 Å². The molecule has 0 radical (unpaired) electrons. The number of nitriles is 1. The number of fused-ring (bicyclic) bond motifs is 1. The fourth-order valence-corrected chi connectivity index (χ4v) is 8.45. The zero-order valence-electron chi connectivity index (χ0n) is 15.7. The summed E-state index contributed by atoms with van der Waals surface area (Å²) < 4.78 is 18.5. The third kappa shape index (κ3) is 1.45. The highest BCUT2D eigenvalue weighted by Gasteiger charge is 2.80. The summed E-state index contributed by atoms with van der Waals surface area (Å²) in [5.41, 5.74) is 2.11. The zero-order valence-corrected chi connectivity index (χ0v) is 16.5. The van der Waals surface area contributed by atoms with Crippen LogP contribution in [-0.4, -0.2) is 55.0 Å². The average molecular weight is 382 g/mol. The van der Waals surface area contributed by atoms with E-state index in [4.69, 9.17) is 14.2 Å². The van der Waals surface area contributed by atoms with Gasteiger partial charge in [0.2, 0.25) is 0 Å². The van der Waals surface area contributed by atoms with Gasteiger partial charge in [0.25, 0.3) is 0 Å². The summed E-state index contributed by atoms with van der Waals surface area (Å²) in [6.45, 7) is 0.999. The first kappa shape index (κ1) is 16.3. The first-order valence-corrected chi connectivity index (χ1v) is 10.4. The number of rotatable bonds is 2. The average Bonchev–Trinajstić information content (AvgIpc) is 3.07. The number of methoxy groups -OCH3 is 2. The lowest BCUT2D eigenvalue weighted by Gasteiger charge is -2.70. The maximum Gasteiger partial charge on any atom is 0.170 e. The van der Waals surface area contributed by atoms with E-state index in [1.165, 1.54) is 11.1 Å². The maximum absolute atomic E-state index is 10.2. The number of likely N-dealkylation sites (N-methyl/N-ethyl adjacent to an activating group) is 1. The van der Waals surface area contributed by atoms with Crippen LogP contribution >= 0.6 is 11.8 Å². The molecule has 2 fully saturated rings. The summed E-state index contributed by atoms with van der Waals surface area (Å²) in [5, 5.41) is 10.0. The molecule has 1 unspecified atom stereocenters. The Morgan fingerprint density at radius 1 is 1.33 bits per heavy atom. The van der Waals surface area contributed by atoms with Crippen LogP contribution in [0.25, 0.3) is 0 Å². The van der Waals surface area contributed by atoms with Gasteiger partial charge in [0.15, 0.2) is 22.5 Å². The first-order chi connectivity index (χ1) is 13.1. The first-order valence-electron chi connectivity index (χ1n) is 9.48. The van der Waals surface area contributed by atoms with Crippen molar-refractivity contribution in [2.75, 3.05) is 27.8 Å². The van der Waals surface area contributed by atoms with Gasteiger partial charge in [-0.15, -0.1) is 0 Å². The number of ether oxygens (including phenoxy) is 3. The van der Waals surface area contributed by atoms with Crippen LogP contribution in [0.1, 0.15) is 17.5 Å². The molecule has 5 nitrogen and oxygen atoms in total. The summed E-state index contributed by atoms with van der Waals surface area (Å²) >= 11 is 1.63. The molecular weight excluding hydrogens is 360 g/mol. The van der Waals surface area contributed by atoms with Crippen LogP contribution in [0.3, 0.4) is 0 Å². The maximum atomic E-state index is 10.2. The van der Waals surface area contributed by atoms with E-state index in [1.807, 2.05) is 6.07 Å². The molecule has 0 N–H and O–H groups in total. The van der Waals surface area contributed by atoms with Gasteiger partial charge in [-0.2, -0.15) is 5.26 Å². The molecule has 7 rings (SSSR count). The highest BCUT2D eigenvalue weighted by atomic mass is 32.2. The predicted molar refractivity (Wildman–Crippen MR) is 102 cm³/mol. The quantitative estimate of drug-likeness (QED) is 0.733. The van der Waals surface area contributed by atoms with Gasteiger partial charge in [0.05, 0.1) is 18.6 Å². The summed E-state index contributed by atoms with van der Waals surface area (Å²) in [6.07, 6.45) is 6.24. The van der Waals surface area contributed by atoms with Crippen molar-refractivity contribution in [3.8, 4) is 17.6 Å². The van der Waals surface area contributed by atoms with Gasteiger partial charge in [-0.1, -0.05) is 23.9 Å². The lowest BCUT2D eigenvalue weighted by atomic mass is 9.43. The number of benzene rings is 1. The van der Waals surface area contributed by atoms with E-state index in [2.05, 4.69) is 36.2 Å². The lowest BCUT2D eigenvalue weighted by molar-refractivity contribution is -0.122. The molecule has 0 saturated carbocycles. The summed E-state index contributed by atoms with van der Waals surface area (Å²) in [5.74, 6) is 1.66. The summed E-state index contributed by atoms with van der Waals surface area (Å²) in [4.78, 5) is 1.81. The molecule has 0 amide bonds. The van der Waals surface area contributed by atoms with Crippen molar-refractivity contribution in [3.63, 3.8) is 0 Å². The Bertz CT molecular complexity index is 942. The van der Waals surface area contributed by atoms with Crippen molar-refractivity contribution in [2.24, 2.45) is 5.41 Å². The molecular formula is C21H22N2O3S. The Hall–Kier alpha value is -1.68. The van der Waals surface area contributed by atoms with E-state index in [0.717, 1.165) is 30.9 Å². The van der Waals surface area contributed by atoms with Gasteiger partial charge in [-0.05, 0) is 44.1 Å². The van der Waals surface area contributed by atoms with E-state index >= 15 is 0 Å². The number of thioether (sulfide) groups is 1. The van der Waals surface area contributed by atoms with Crippen LogP contribution in [0.15, 0.2) is 24.3 Å². The molecule has 6 aliphatic rings. The van der Waals surface area contributed by atoms with E-state index < -0.39 is 4.93 Å². The summed E-state index contributed by atoms with van der Waals surface area (Å²) in [6, 6.07) is 7.16. The zero-order chi connectivity index (χ0) is 18.6. The van der Waals surface area contributed by atoms with Crippen molar-refractivity contribution in [3.05, 3.63) is 35.4 Å². The normalized spacial score (nSPS) is 45.2. The second kappa shape index (κ2) is 4.83. The van der Waals surface area contributed by atoms with Gasteiger partial charge in [0.1, 0.15) is 5.25 Å². The Labute approximate surface area is 163 Å². The molecule has 4 bridgehead atoms. The van der Waals surface area contributed by atoms with Crippen molar-refractivity contribution < 1.29 is 14.2 Å². The van der Waals surface area contributed by atoms with Crippen molar-refractivity contribution >= 4 is 11.8 Å². The fourth-order valence-electron chi connectivity index (χ4n) is 6.77. The minimum absolute atomic E-state index is 0.142.